The van der Waals surface area contributed by atoms with Gasteiger partial charge in [0.2, 0.25) is 0 Å². The van der Waals surface area contributed by atoms with Crippen LogP contribution in [-0.2, 0) is 0 Å². The maximum atomic E-state index is 6.80. The molecule has 66 heavy (non-hydrogen) atoms. The van der Waals surface area contributed by atoms with Crippen LogP contribution >= 0.6 is 0 Å². The third-order valence-corrected chi connectivity index (χ3v) is 13.1. The Kier molecular flexibility index (Phi) is 8.81. The standard InChI is InChI=1S/C62H41N3O/c1-4-20-44(21-5-1)63(47-35-36-54-53-29-14-16-32-58(53)65(60(54)41-47)46-24-8-3-9-25-46)48-37-43(57-39-42-19-10-11-26-50(42)51-27-12-13-28-52(51)57)38-49(40-48)64(45-22-6-2-7-23-45)59-33-18-31-56-55-30-15-17-34-61(55)66-62(56)59/h1-41H. The van der Waals surface area contributed by atoms with Crippen LogP contribution in [0.25, 0.3) is 82.1 Å². The minimum Gasteiger partial charge on any atom is -0.454 e. The molecule has 13 aromatic rings. The Balaban J connectivity index is 1.12. The Morgan fingerprint density at radius 1 is 0.318 bits per heavy atom. The number of hydrogen-bond acceptors (Lipinski definition) is 3. The van der Waals surface area contributed by atoms with Gasteiger partial charge < -0.3 is 18.8 Å². The molecular formula is C62H41N3O. The minimum absolute atomic E-state index is 0.838. The fourth-order valence-electron chi connectivity index (χ4n) is 10.2. The van der Waals surface area contributed by atoms with Crippen LogP contribution in [0.2, 0.25) is 0 Å². The smallest absolute Gasteiger partial charge is 0.159 e. The summed E-state index contributed by atoms with van der Waals surface area (Å²) in [7, 11) is 0. The molecule has 0 amide bonds. The number of furan rings is 1. The number of rotatable bonds is 8. The molecule has 0 atom stereocenters. The third-order valence-electron chi connectivity index (χ3n) is 13.1. The second-order valence-electron chi connectivity index (χ2n) is 16.9. The van der Waals surface area contributed by atoms with Crippen molar-refractivity contribution in [3.8, 4) is 16.8 Å². The first kappa shape index (κ1) is 37.7. The van der Waals surface area contributed by atoms with Crippen molar-refractivity contribution in [3.05, 3.63) is 249 Å². The van der Waals surface area contributed by atoms with E-state index >= 15 is 0 Å². The van der Waals surface area contributed by atoms with Gasteiger partial charge in [0.1, 0.15) is 5.58 Å². The van der Waals surface area contributed by atoms with Crippen LogP contribution in [-0.4, -0.2) is 4.57 Å². The second kappa shape index (κ2) is 15.4. The molecule has 0 aliphatic rings. The zero-order chi connectivity index (χ0) is 43.6. The van der Waals surface area contributed by atoms with Crippen LogP contribution in [0.1, 0.15) is 0 Å². The molecule has 0 unspecified atom stereocenters. The summed E-state index contributed by atoms with van der Waals surface area (Å²) in [6.45, 7) is 0. The number of fused-ring (bicyclic) bond motifs is 9. The van der Waals surface area contributed by atoms with E-state index in [1.165, 1.54) is 37.8 Å². The summed E-state index contributed by atoms with van der Waals surface area (Å²) >= 11 is 0. The van der Waals surface area contributed by atoms with Crippen LogP contribution < -0.4 is 9.80 Å². The van der Waals surface area contributed by atoms with Crippen molar-refractivity contribution in [3.63, 3.8) is 0 Å². The first-order chi connectivity index (χ1) is 32.7. The lowest BCUT2D eigenvalue weighted by Crippen LogP contribution is -2.14. The quantitative estimate of drug-likeness (QED) is 0.142. The van der Waals surface area contributed by atoms with Gasteiger partial charge in [-0.1, -0.05) is 158 Å². The van der Waals surface area contributed by atoms with Crippen LogP contribution in [0.15, 0.2) is 253 Å². The normalized spacial score (nSPS) is 11.6. The van der Waals surface area contributed by atoms with Crippen molar-refractivity contribution >= 4 is 99.4 Å². The van der Waals surface area contributed by atoms with Crippen molar-refractivity contribution in [2.24, 2.45) is 0 Å². The van der Waals surface area contributed by atoms with E-state index in [9.17, 15) is 0 Å². The molecule has 2 aromatic heterocycles. The molecule has 310 valence electrons. The van der Waals surface area contributed by atoms with Gasteiger partial charge in [-0.3, -0.25) is 0 Å². The summed E-state index contributed by atoms with van der Waals surface area (Å²) in [4.78, 5) is 4.77. The molecular weight excluding hydrogens is 803 g/mol. The molecule has 0 aliphatic heterocycles. The SMILES string of the molecule is c1ccc(N(c2cc(-c3cc4ccccc4c4ccccc34)cc(N(c3ccccc3)c3cccc4c3oc3ccccc34)c2)c2ccc3c4ccccc4n(-c4ccccc4)c3c2)cc1. The van der Waals surface area contributed by atoms with Gasteiger partial charge in [-0.2, -0.15) is 0 Å². The second-order valence-corrected chi connectivity index (χ2v) is 16.9. The summed E-state index contributed by atoms with van der Waals surface area (Å²) in [5.74, 6) is 0. The predicted octanol–water partition coefficient (Wildman–Crippen LogP) is 17.6. The van der Waals surface area contributed by atoms with Crippen LogP contribution in [0.4, 0.5) is 34.1 Å². The molecule has 4 heteroatoms. The number of aromatic nitrogens is 1. The minimum atomic E-state index is 0.838. The summed E-state index contributed by atoms with van der Waals surface area (Å²) < 4.78 is 9.20. The Morgan fingerprint density at radius 2 is 0.894 bits per heavy atom. The molecule has 11 aromatic carbocycles. The molecule has 0 radical (unpaired) electrons. The Labute approximate surface area is 382 Å². The highest BCUT2D eigenvalue weighted by molar-refractivity contribution is 6.15. The first-order valence-corrected chi connectivity index (χ1v) is 22.5. The largest absolute Gasteiger partial charge is 0.454 e. The fraction of sp³-hybridized carbons (Fsp3) is 0. The van der Waals surface area contributed by atoms with Gasteiger partial charge in [-0.05, 0) is 124 Å². The maximum absolute atomic E-state index is 6.80. The van der Waals surface area contributed by atoms with Gasteiger partial charge in [-0.15, -0.1) is 0 Å². The Bertz CT molecular complexity index is 3950. The summed E-state index contributed by atoms with van der Waals surface area (Å²) in [5.41, 5.74) is 13.5. The van der Waals surface area contributed by atoms with Gasteiger partial charge in [0, 0.05) is 55.7 Å². The van der Waals surface area contributed by atoms with Crippen molar-refractivity contribution in [1.82, 2.24) is 4.57 Å². The molecule has 2 heterocycles. The molecule has 4 nitrogen and oxygen atoms in total. The van der Waals surface area contributed by atoms with E-state index in [1.807, 2.05) is 6.07 Å². The molecule has 0 fully saturated rings. The highest BCUT2D eigenvalue weighted by Gasteiger charge is 2.24. The summed E-state index contributed by atoms with van der Waals surface area (Å²) in [6, 6.07) is 89.6. The summed E-state index contributed by atoms with van der Waals surface area (Å²) in [6.07, 6.45) is 0. The highest BCUT2D eigenvalue weighted by Crippen LogP contribution is 2.48. The number of benzene rings is 11. The van der Waals surface area contributed by atoms with Gasteiger partial charge in [0.15, 0.2) is 5.58 Å². The highest BCUT2D eigenvalue weighted by atomic mass is 16.3. The summed E-state index contributed by atoms with van der Waals surface area (Å²) in [5, 5.41) is 9.46. The van der Waals surface area contributed by atoms with E-state index in [2.05, 4.69) is 257 Å². The molecule has 13 rings (SSSR count). The lowest BCUT2D eigenvalue weighted by molar-refractivity contribution is 0.669. The topological polar surface area (TPSA) is 24.6 Å². The lowest BCUT2D eigenvalue weighted by atomic mass is 9.92. The number of nitrogens with zero attached hydrogens (tertiary/aromatic N) is 3. The van der Waals surface area contributed by atoms with Crippen molar-refractivity contribution in [2.75, 3.05) is 9.80 Å². The molecule has 0 saturated heterocycles. The van der Waals surface area contributed by atoms with Crippen molar-refractivity contribution in [1.29, 1.82) is 0 Å². The number of para-hydroxylation sites is 6. The van der Waals surface area contributed by atoms with Gasteiger partial charge >= 0.3 is 0 Å². The lowest BCUT2D eigenvalue weighted by Gasteiger charge is -2.30. The third kappa shape index (κ3) is 6.15. The molecule has 0 saturated carbocycles. The van der Waals surface area contributed by atoms with Gasteiger partial charge in [0.25, 0.3) is 0 Å². The van der Waals surface area contributed by atoms with E-state index in [0.29, 0.717) is 0 Å². The van der Waals surface area contributed by atoms with Crippen LogP contribution in [0, 0.1) is 0 Å². The molecule has 0 spiro atoms. The zero-order valence-corrected chi connectivity index (χ0v) is 35.9. The van der Waals surface area contributed by atoms with E-state index in [0.717, 1.165) is 78.4 Å². The predicted molar refractivity (Wildman–Crippen MR) is 278 cm³/mol. The fourth-order valence-corrected chi connectivity index (χ4v) is 10.2. The Morgan fingerprint density at radius 3 is 1.67 bits per heavy atom. The molecule has 0 bridgehead atoms. The van der Waals surface area contributed by atoms with Crippen molar-refractivity contribution < 1.29 is 4.42 Å². The van der Waals surface area contributed by atoms with Gasteiger partial charge in [-0.25, -0.2) is 0 Å². The maximum Gasteiger partial charge on any atom is 0.159 e. The monoisotopic (exact) mass is 843 g/mol. The zero-order valence-electron chi connectivity index (χ0n) is 35.9. The van der Waals surface area contributed by atoms with Crippen LogP contribution in [0.3, 0.4) is 0 Å². The molecule has 0 aliphatic carbocycles. The average Bonchev–Trinajstić information content (AvgIpc) is 3.93. The van der Waals surface area contributed by atoms with E-state index in [-0.39, 0.29) is 0 Å². The van der Waals surface area contributed by atoms with E-state index in [1.54, 1.807) is 0 Å². The average molecular weight is 844 g/mol. The number of hydrogen-bond donors (Lipinski definition) is 0. The number of anilines is 6. The van der Waals surface area contributed by atoms with E-state index in [4.69, 9.17) is 4.42 Å². The molecule has 0 N–H and O–H groups in total. The first-order valence-electron chi connectivity index (χ1n) is 22.5. The van der Waals surface area contributed by atoms with Gasteiger partial charge in [0.05, 0.1) is 16.7 Å². The van der Waals surface area contributed by atoms with E-state index < -0.39 is 0 Å². The Hall–Kier alpha value is -8.86. The van der Waals surface area contributed by atoms with Crippen molar-refractivity contribution in [2.45, 2.75) is 0 Å². The van der Waals surface area contributed by atoms with Crippen LogP contribution in [0.5, 0.6) is 0 Å².